The molecular weight excluding hydrogens is 364 g/mol. The molecule has 0 aromatic heterocycles. The van der Waals surface area contributed by atoms with Crippen molar-refractivity contribution in [1.82, 2.24) is 9.80 Å². The topological polar surface area (TPSA) is 6.48 Å². The minimum atomic E-state index is 0.333. The first-order valence-corrected chi connectivity index (χ1v) is 11.5. The lowest BCUT2D eigenvalue weighted by molar-refractivity contribution is 0.102. The van der Waals surface area contributed by atoms with Crippen LogP contribution < -0.4 is 0 Å². The SMILES string of the molecule is Cc1ccc(C2N(Cc3ccccc3)[C@@H]3CCCC[C@H]3N2Cc2ccccc2)cc1. The Labute approximate surface area is 181 Å². The molecule has 3 aromatic carbocycles. The van der Waals surface area contributed by atoms with Crippen molar-refractivity contribution in [3.05, 3.63) is 107 Å². The number of benzene rings is 3. The molecule has 1 heterocycles. The lowest BCUT2D eigenvalue weighted by Crippen LogP contribution is -2.39. The van der Waals surface area contributed by atoms with Crippen LogP contribution in [0.1, 0.15) is 54.1 Å². The van der Waals surface area contributed by atoms with Crippen molar-refractivity contribution in [3.63, 3.8) is 0 Å². The van der Waals surface area contributed by atoms with Crippen LogP contribution in [0, 0.1) is 6.92 Å². The second-order valence-electron chi connectivity index (χ2n) is 9.02. The van der Waals surface area contributed by atoms with Crippen molar-refractivity contribution in [2.45, 2.75) is 63.9 Å². The zero-order chi connectivity index (χ0) is 20.3. The molecule has 0 spiro atoms. The second-order valence-corrected chi connectivity index (χ2v) is 9.02. The molecule has 2 fully saturated rings. The van der Waals surface area contributed by atoms with E-state index in [1.807, 2.05) is 0 Å². The maximum atomic E-state index is 2.80. The fourth-order valence-corrected chi connectivity index (χ4v) is 5.54. The van der Waals surface area contributed by atoms with Gasteiger partial charge in [-0.3, -0.25) is 9.80 Å². The van der Waals surface area contributed by atoms with Crippen LogP contribution >= 0.6 is 0 Å². The molecule has 1 saturated carbocycles. The molecule has 0 N–H and O–H groups in total. The monoisotopic (exact) mass is 396 g/mol. The van der Waals surface area contributed by atoms with E-state index in [0.717, 1.165) is 13.1 Å². The summed E-state index contributed by atoms with van der Waals surface area (Å²) in [5.41, 5.74) is 5.60. The van der Waals surface area contributed by atoms with E-state index in [-0.39, 0.29) is 0 Å². The highest BCUT2D eigenvalue weighted by Crippen LogP contribution is 2.45. The summed E-state index contributed by atoms with van der Waals surface area (Å²) < 4.78 is 0. The average molecular weight is 397 g/mol. The number of rotatable bonds is 5. The van der Waals surface area contributed by atoms with E-state index in [2.05, 4.69) is 102 Å². The van der Waals surface area contributed by atoms with Crippen LogP contribution in [0.15, 0.2) is 84.9 Å². The summed E-state index contributed by atoms with van der Waals surface area (Å²) in [4.78, 5) is 5.60. The number of hydrogen-bond donors (Lipinski definition) is 0. The molecule has 2 aliphatic rings. The van der Waals surface area contributed by atoms with Gasteiger partial charge in [0, 0.05) is 25.2 Å². The Morgan fingerprint density at radius 2 is 1.10 bits per heavy atom. The largest absolute Gasteiger partial charge is 0.275 e. The Kier molecular flexibility index (Phi) is 5.70. The van der Waals surface area contributed by atoms with Crippen molar-refractivity contribution in [1.29, 1.82) is 0 Å². The molecule has 154 valence electrons. The first-order chi connectivity index (χ1) is 14.8. The van der Waals surface area contributed by atoms with Crippen molar-refractivity contribution >= 4 is 0 Å². The predicted molar refractivity (Wildman–Crippen MR) is 124 cm³/mol. The molecular formula is C28H32N2. The fourth-order valence-electron chi connectivity index (χ4n) is 5.54. The molecule has 2 nitrogen and oxygen atoms in total. The summed E-state index contributed by atoms with van der Waals surface area (Å²) in [7, 11) is 0. The van der Waals surface area contributed by atoms with Crippen molar-refractivity contribution in [3.8, 4) is 0 Å². The summed E-state index contributed by atoms with van der Waals surface area (Å²) in [6.45, 7) is 4.22. The minimum Gasteiger partial charge on any atom is -0.275 e. The molecule has 3 aromatic rings. The lowest BCUT2D eigenvalue weighted by Gasteiger charge is -2.33. The molecule has 0 bridgehead atoms. The van der Waals surface area contributed by atoms with Gasteiger partial charge in [-0.25, -0.2) is 0 Å². The number of nitrogens with zero attached hydrogens (tertiary/aromatic N) is 2. The molecule has 5 rings (SSSR count). The van der Waals surface area contributed by atoms with Gasteiger partial charge in [0.05, 0.1) is 6.17 Å². The Balaban J connectivity index is 1.54. The van der Waals surface area contributed by atoms with E-state index in [0.29, 0.717) is 18.2 Å². The van der Waals surface area contributed by atoms with E-state index < -0.39 is 0 Å². The van der Waals surface area contributed by atoms with Crippen molar-refractivity contribution < 1.29 is 0 Å². The zero-order valence-corrected chi connectivity index (χ0v) is 18.0. The van der Waals surface area contributed by atoms with Gasteiger partial charge in [-0.2, -0.15) is 0 Å². The van der Waals surface area contributed by atoms with E-state index in [1.54, 1.807) is 0 Å². The Bertz CT molecular complexity index is 878. The molecule has 2 heteroatoms. The molecule has 0 radical (unpaired) electrons. The van der Waals surface area contributed by atoms with Crippen LogP contribution in [0.2, 0.25) is 0 Å². The number of aryl methyl sites for hydroxylation is 1. The zero-order valence-electron chi connectivity index (χ0n) is 18.0. The molecule has 1 aliphatic carbocycles. The van der Waals surface area contributed by atoms with Crippen LogP contribution in [-0.2, 0) is 13.1 Å². The highest BCUT2D eigenvalue weighted by atomic mass is 15.5. The summed E-state index contributed by atoms with van der Waals surface area (Å²) in [6, 6.07) is 32.6. The van der Waals surface area contributed by atoms with Gasteiger partial charge in [-0.15, -0.1) is 0 Å². The van der Waals surface area contributed by atoms with E-state index in [4.69, 9.17) is 0 Å². The first-order valence-electron chi connectivity index (χ1n) is 11.5. The molecule has 2 atom stereocenters. The molecule has 0 unspecified atom stereocenters. The van der Waals surface area contributed by atoms with E-state index in [9.17, 15) is 0 Å². The van der Waals surface area contributed by atoms with Crippen LogP contribution in [0.25, 0.3) is 0 Å². The van der Waals surface area contributed by atoms with Crippen molar-refractivity contribution in [2.24, 2.45) is 0 Å². The number of fused-ring (bicyclic) bond motifs is 1. The third-order valence-electron chi connectivity index (χ3n) is 6.97. The van der Waals surface area contributed by atoms with Gasteiger partial charge in [-0.1, -0.05) is 103 Å². The Morgan fingerprint density at radius 3 is 1.57 bits per heavy atom. The maximum Gasteiger partial charge on any atom is 0.0897 e. The standard InChI is InChI=1S/C28H32N2/c1-22-16-18-25(19-17-22)28-29(20-23-10-4-2-5-11-23)26-14-8-9-15-27(26)30(28)21-24-12-6-3-7-13-24/h2-7,10-13,16-19,26-28H,8-9,14-15,20-21H2,1H3/t26-,27-/m1/s1. The third kappa shape index (κ3) is 3.95. The lowest BCUT2D eigenvalue weighted by atomic mass is 9.90. The third-order valence-corrected chi connectivity index (χ3v) is 6.97. The molecule has 0 amide bonds. The maximum absolute atomic E-state index is 2.80. The quantitative estimate of drug-likeness (QED) is 0.498. The van der Waals surface area contributed by atoms with Crippen molar-refractivity contribution in [2.75, 3.05) is 0 Å². The summed E-state index contributed by atoms with van der Waals surface area (Å²) in [6.07, 6.45) is 5.66. The second kappa shape index (κ2) is 8.75. The van der Waals surface area contributed by atoms with Crippen LogP contribution in [0.3, 0.4) is 0 Å². The van der Waals surface area contributed by atoms with E-state index in [1.165, 1.54) is 47.9 Å². The van der Waals surface area contributed by atoms with Gasteiger partial charge in [0.15, 0.2) is 0 Å². The van der Waals surface area contributed by atoms with Gasteiger partial charge in [0.25, 0.3) is 0 Å². The average Bonchev–Trinajstić information content (AvgIpc) is 3.09. The molecule has 30 heavy (non-hydrogen) atoms. The summed E-state index contributed by atoms with van der Waals surface area (Å²) >= 11 is 0. The van der Waals surface area contributed by atoms with E-state index >= 15 is 0 Å². The summed E-state index contributed by atoms with van der Waals surface area (Å²) in [5, 5.41) is 0. The smallest absolute Gasteiger partial charge is 0.0897 e. The Morgan fingerprint density at radius 1 is 0.633 bits per heavy atom. The molecule has 1 saturated heterocycles. The van der Waals surface area contributed by atoms with Gasteiger partial charge in [0.1, 0.15) is 0 Å². The van der Waals surface area contributed by atoms with Gasteiger partial charge < -0.3 is 0 Å². The first kappa shape index (κ1) is 19.5. The van der Waals surface area contributed by atoms with Gasteiger partial charge >= 0.3 is 0 Å². The van der Waals surface area contributed by atoms with Gasteiger partial charge in [0.2, 0.25) is 0 Å². The highest BCUT2D eigenvalue weighted by molar-refractivity contribution is 5.27. The highest BCUT2D eigenvalue weighted by Gasteiger charge is 2.47. The minimum absolute atomic E-state index is 0.333. The predicted octanol–water partition coefficient (Wildman–Crippen LogP) is 6.32. The normalized spacial score (nSPS) is 22.8. The van der Waals surface area contributed by atoms with Crippen LogP contribution in [0.4, 0.5) is 0 Å². The number of hydrogen-bond acceptors (Lipinski definition) is 2. The molecule has 1 aliphatic heterocycles. The van der Waals surface area contributed by atoms with Crippen LogP contribution in [0.5, 0.6) is 0 Å². The Hall–Kier alpha value is -2.42. The summed E-state index contributed by atoms with van der Waals surface area (Å²) in [5.74, 6) is 0. The fraction of sp³-hybridized carbons (Fsp3) is 0.357. The van der Waals surface area contributed by atoms with Gasteiger partial charge in [-0.05, 0) is 36.5 Å². The van der Waals surface area contributed by atoms with Crippen LogP contribution in [-0.4, -0.2) is 21.9 Å².